The average molecular weight is 1070 g/mol. The lowest BCUT2D eigenvalue weighted by Crippen LogP contribution is -2.03. The summed E-state index contributed by atoms with van der Waals surface area (Å²) in [4.78, 5) is 0. The summed E-state index contributed by atoms with van der Waals surface area (Å²) >= 11 is 0. The van der Waals surface area contributed by atoms with E-state index in [0.717, 1.165) is 0 Å². The minimum atomic E-state index is 0.683. The maximum absolute atomic E-state index is 2.66. The zero-order valence-corrected chi connectivity index (χ0v) is 46.4. The minimum absolute atomic E-state index is 0.683. The van der Waals surface area contributed by atoms with Crippen LogP contribution >= 0.6 is 0 Å². The van der Waals surface area contributed by atoms with E-state index in [1.807, 2.05) is 0 Å². The van der Waals surface area contributed by atoms with E-state index < -0.39 is 0 Å². The Morgan fingerprint density at radius 1 is 0.190 bits per heavy atom. The number of hydrogen-bond acceptors (Lipinski definition) is 0. The highest BCUT2D eigenvalue weighted by Crippen LogP contribution is 2.51. The van der Waals surface area contributed by atoms with E-state index in [4.69, 9.17) is 0 Å². The molecule has 0 amide bonds. The highest BCUT2D eigenvalue weighted by molar-refractivity contribution is 6.40. The van der Waals surface area contributed by atoms with Crippen LogP contribution in [0.5, 0.6) is 0 Å². The molecule has 84 heavy (non-hydrogen) atoms. The zero-order chi connectivity index (χ0) is 55.5. The third kappa shape index (κ3) is 8.35. The van der Waals surface area contributed by atoms with Gasteiger partial charge in [-0.05, 0) is 120 Å². The van der Waals surface area contributed by atoms with Crippen LogP contribution in [0.4, 0.5) is 0 Å². The molecule has 0 N–H and O–H groups in total. The Balaban J connectivity index is 1.12. The molecule has 0 fully saturated rings. The molecule has 0 atom stereocenters. The molecule has 16 rings (SSSR count). The molecule has 0 saturated carbocycles. The molecule has 3 heteroatoms. The van der Waals surface area contributed by atoms with Crippen LogP contribution in [0.15, 0.2) is 309 Å². The van der Waals surface area contributed by atoms with Crippen LogP contribution in [0.1, 0.15) is 16.7 Å². The standard InChI is InChI=1S/C81H57N3/c1-7-25-55(26-8-1)52-82-73-46-43-61(67-40-22-19-37-64(67)58-31-13-4-14-32-58)49-70(73)76-79(82)77-71-50-62(68-41-23-20-38-65(68)59-33-15-5-16-34-59)44-47-74(71)83(53-56-27-9-2-10-28-56)81(77)78-72-51-63(69-42-24-21-39-66(69)60-35-17-6-18-36-60)45-48-75(72)84(80(76)78)54-57-29-11-3-12-30-57/h1-51H,52-54H2. The molecule has 13 aromatic carbocycles. The molecule has 0 aliphatic carbocycles. The minimum Gasteiger partial charge on any atom is -0.335 e. The van der Waals surface area contributed by atoms with Gasteiger partial charge in [0.25, 0.3) is 0 Å². The second kappa shape index (κ2) is 20.7. The SMILES string of the molecule is c1ccc(Cn2c3ccc(-c4ccccc4-c4ccccc4)cc3c3c2c2c4cc(-c5ccccc5-c5ccccc5)ccc4n(Cc4ccccc4)c2c2c4cc(-c5ccccc5-c5ccccc5)ccc4n(Cc4ccccc4)c32)cc1. The van der Waals surface area contributed by atoms with E-state index in [0.29, 0.717) is 19.6 Å². The lowest BCUT2D eigenvalue weighted by molar-refractivity contribution is 0.862. The van der Waals surface area contributed by atoms with Crippen molar-refractivity contribution in [1.29, 1.82) is 0 Å². The van der Waals surface area contributed by atoms with E-state index >= 15 is 0 Å². The fourth-order valence-electron chi connectivity index (χ4n) is 13.7. The summed E-state index contributed by atoms with van der Waals surface area (Å²) in [6, 6.07) is 114. The largest absolute Gasteiger partial charge is 0.335 e. The molecule has 3 aromatic heterocycles. The quantitative estimate of drug-likeness (QED) is 0.116. The van der Waals surface area contributed by atoms with Crippen molar-refractivity contribution in [3.05, 3.63) is 326 Å². The molecule has 0 saturated heterocycles. The highest BCUT2D eigenvalue weighted by Gasteiger charge is 2.29. The molecular formula is C81H57N3. The monoisotopic (exact) mass is 1070 g/mol. The Labute approximate surface area is 488 Å². The summed E-state index contributed by atoms with van der Waals surface area (Å²) < 4.78 is 7.99. The number of nitrogens with zero attached hydrogens (tertiary/aromatic N) is 3. The molecule has 0 aliphatic rings. The summed E-state index contributed by atoms with van der Waals surface area (Å²) in [5.41, 5.74) is 25.5. The Morgan fingerprint density at radius 2 is 0.405 bits per heavy atom. The third-order valence-electron chi connectivity index (χ3n) is 17.4. The first-order chi connectivity index (χ1) is 41.7. The first-order valence-corrected chi connectivity index (χ1v) is 29.3. The molecule has 0 spiro atoms. The van der Waals surface area contributed by atoms with Crippen LogP contribution in [0, 0.1) is 0 Å². The van der Waals surface area contributed by atoms with Crippen molar-refractivity contribution in [2.75, 3.05) is 0 Å². The van der Waals surface area contributed by atoms with Gasteiger partial charge in [0, 0.05) is 68.5 Å². The molecular weight excluding hydrogens is 1010 g/mol. The molecule has 0 bridgehead atoms. The summed E-state index contributed by atoms with van der Waals surface area (Å²) in [5, 5.41) is 7.47. The van der Waals surface area contributed by atoms with Crippen molar-refractivity contribution in [3.8, 4) is 66.8 Å². The van der Waals surface area contributed by atoms with Crippen LogP contribution in [0.3, 0.4) is 0 Å². The van der Waals surface area contributed by atoms with Crippen LogP contribution < -0.4 is 0 Å². The normalized spacial score (nSPS) is 11.7. The second-order valence-corrected chi connectivity index (χ2v) is 22.3. The van der Waals surface area contributed by atoms with Gasteiger partial charge in [-0.1, -0.05) is 273 Å². The van der Waals surface area contributed by atoms with E-state index in [1.165, 1.54) is 149 Å². The lowest BCUT2D eigenvalue weighted by Gasteiger charge is -2.13. The van der Waals surface area contributed by atoms with Crippen molar-refractivity contribution in [2.45, 2.75) is 19.6 Å². The van der Waals surface area contributed by atoms with Crippen molar-refractivity contribution >= 4 is 65.4 Å². The van der Waals surface area contributed by atoms with Gasteiger partial charge in [-0.25, -0.2) is 0 Å². The average Bonchev–Trinajstić information content (AvgIpc) is 1.53. The van der Waals surface area contributed by atoms with Crippen molar-refractivity contribution in [2.24, 2.45) is 0 Å². The molecule has 3 heterocycles. The first-order valence-electron chi connectivity index (χ1n) is 29.3. The van der Waals surface area contributed by atoms with Crippen LogP contribution in [-0.4, -0.2) is 13.7 Å². The lowest BCUT2D eigenvalue weighted by atomic mass is 9.92. The predicted octanol–water partition coefficient (Wildman–Crippen LogP) is 21.2. The number of rotatable bonds is 12. The van der Waals surface area contributed by atoms with Crippen molar-refractivity contribution in [1.82, 2.24) is 13.7 Å². The maximum Gasteiger partial charge on any atom is 0.0617 e. The summed E-state index contributed by atoms with van der Waals surface area (Å²) in [6.45, 7) is 2.05. The van der Waals surface area contributed by atoms with Crippen LogP contribution in [0.25, 0.3) is 132 Å². The number of fused-ring (bicyclic) bond motifs is 12. The zero-order valence-electron chi connectivity index (χ0n) is 46.4. The summed E-state index contributed by atoms with van der Waals surface area (Å²) in [6.07, 6.45) is 0. The van der Waals surface area contributed by atoms with Gasteiger partial charge in [0.15, 0.2) is 0 Å². The van der Waals surface area contributed by atoms with Gasteiger partial charge in [0.05, 0.1) is 16.6 Å². The van der Waals surface area contributed by atoms with Gasteiger partial charge >= 0.3 is 0 Å². The van der Waals surface area contributed by atoms with Gasteiger partial charge in [-0.3, -0.25) is 0 Å². The number of hydrogen-bond donors (Lipinski definition) is 0. The number of aromatic nitrogens is 3. The Bertz CT molecular complexity index is 4570. The van der Waals surface area contributed by atoms with Gasteiger partial charge in [0.2, 0.25) is 0 Å². The maximum atomic E-state index is 2.66. The summed E-state index contributed by atoms with van der Waals surface area (Å²) in [5.74, 6) is 0. The van der Waals surface area contributed by atoms with Gasteiger partial charge in [0.1, 0.15) is 0 Å². The van der Waals surface area contributed by atoms with Crippen LogP contribution in [0.2, 0.25) is 0 Å². The fraction of sp³-hybridized carbons (Fsp3) is 0.0370. The smallest absolute Gasteiger partial charge is 0.0617 e. The number of benzene rings is 13. The summed E-state index contributed by atoms with van der Waals surface area (Å²) in [7, 11) is 0. The predicted molar refractivity (Wildman–Crippen MR) is 355 cm³/mol. The topological polar surface area (TPSA) is 14.8 Å². The Hall–Kier alpha value is -10.7. The fourth-order valence-corrected chi connectivity index (χ4v) is 13.7. The van der Waals surface area contributed by atoms with Gasteiger partial charge in [-0.15, -0.1) is 0 Å². The molecule has 0 unspecified atom stereocenters. The Kier molecular flexibility index (Phi) is 12.1. The van der Waals surface area contributed by atoms with E-state index in [2.05, 4.69) is 323 Å². The second-order valence-electron chi connectivity index (χ2n) is 22.3. The molecule has 0 radical (unpaired) electrons. The molecule has 3 nitrogen and oxygen atoms in total. The molecule has 0 aliphatic heterocycles. The van der Waals surface area contributed by atoms with Crippen LogP contribution in [-0.2, 0) is 19.6 Å². The van der Waals surface area contributed by atoms with Gasteiger partial charge < -0.3 is 13.7 Å². The van der Waals surface area contributed by atoms with E-state index in [-0.39, 0.29) is 0 Å². The van der Waals surface area contributed by atoms with Crippen molar-refractivity contribution in [3.63, 3.8) is 0 Å². The highest BCUT2D eigenvalue weighted by atomic mass is 15.0. The molecule has 16 aromatic rings. The third-order valence-corrected chi connectivity index (χ3v) is 17.4. The first kappa shape index (κ1) is 49.1. The van der Waals surface area contributed by atoms with E-state index in [1.54, 1.807) is 0 Å². The molecule has 396 valence electrons. The Morgan fingerprint density at radius 3 is 0.655 bits per heavy atom. The van der Waals surface area contributed by atoms with Crippen molar-refractivity contribution < 1.29 is 0 Å². The van der Waals surface area contributed by atoms with E-state index in [9.17, 15) is 0 Å². The van der Waals surface area contributed by atoms with Gasteiger partial charge in [-0.2, -0.15) is 0 Å².